The summed E-state index contributed by atoms with van der Waals surface area (Å²) >= 11 is 0. The van der Waals surface area contributed by atoms with E-state index in [4.69, 9.17) is 0 Å². The number of hydrogen-bond donors (Lipinski definition) is 0. The minimum absolute atomic E-state index is 0.972. The normalized spacial score (nSPS) is 8.53. The first-order chi connectivity index (χ1) is 7.30. The molecule has 0 radical (unpaired) electrons. The van der Waals surface area contributed by atoms with E-state index >= 15 is 0 Å². The van der Waals surface area contributed by atoms with E-state index in [1.165, 1.54) is 12.4 Å². The topological polar surface area (TPSA) is 56.9 Å². The zero-order valence-corrected chi connectivity index (χ0v) is 7.98. The Hall–Kier alpha value is -2.23. The predicted octanol–water partition coefficient (Wildman–Crippen LogP) is 0.247. The highest BCUT2D eigenvalue weighted by molar-refractivity contribution is 5.50. The third kappa shape index (κ3) is 4.52. The van der Waals surface area contributed by atoms with Gasteiger partial charge in [-0.05, 0) is 12.1 Å². The van der Waals surface area contributed by atoms with Crippen molar-refractivity contribution in [2.24, 2.45) is 0 Å². The summed E-state index contributed by atoms with van der Waals surface area (Å²) < 4.78 is 0.972. The summed E-state index contributed by atoms with van der Waals surface area (Å²) in [7, 11) is 0. The van der Waals surface area contributed by atoms with Crippen molar-refractivity contribution in [3.8, 4) is 0 Å². The number of carbonyl (C=O) groups excluding carboxylic acids is 1. The van der Waals surface area contributed by atoms with Crippen LogP contribution in [0, 0.1) is 0 Å². The van der Waals surface area contributed by atoms with Crippen molar-refractivity contribution >= 4 is 6.09 Å². The molecule has 0 aliphatic heterocycles. The fraction of sp³-hybridized carbons (Fsp3) is 0. The summed E-state index contributed by atoms with van der Waals surface area (Å²) in [4.78, 5) is 13.8. The minimum Gasteiger partial charge on any atom is -0.490 e. The van der Waals surface area contributed by atoms with Crippen LogP contribution in [0.25, 0.3) is 0 Å². The molecule has 0 bridgehead atoms. The predicted molar refractivity (Wildman–Crippen MR) is 51.7 cm³/mol. The molecular formula is C11H10N2O2. The summed E-state index contributed by atoms with van der Waals surface area (Å²) in [6, 6.07) is 10.7. The third-order valence-electron chi connectivity index (χ3n) is 1.49. The molecular weight excluding hydrogens is 192 g/mol. The van der Waals surface area contributed by atoms with Crippen molar-refractivity contribution in [2.75, 3.05) is 0 Å². The number of aromatic nitrogens is 2. The zero-order valence-electron chi connectivity index (χ0n) is 7.98. The maximum Gasteiger partial charge on any atom is 0.343 e. The van der Waals surface area contributed by atoms with Crippen LogP contribution in [0.15, 0.2) is 61.2 Å². The van der Waals surface area contributed by atoms with Gasteiger partial charge in [-0.2, -0.15) is 4.57 Å². The van der Waals surface area contributed by atoms with E-state index in [9.17, 15) is 9.90 Å². The minimum atomic E-state index is -1.21. The molecule has 0 saturated heterocycles. The van der Waals surface area contributed by atoms with Gasteiger partial charge in [0.1, 0.15) is 0 Å². The molecule has 0 aromatic carbocycles. The van der Waals surface area contributed by atoms with Gasteiger partial charge in [0.05, 0.1) is 0 Å². The van der Waals surface area contributed by atoms with Crippen molar-refractivity contribution in [1.82, 2.24) is 4.98 Å². The molecule has 2 aromatic heterocycles. The van der Waals surface area contributed by atoms with Gasteiger partial charge < -0.3 is 9.90 Å². The number of carbonyl (C=O) groups is 1. The molecule has 0 spiro atoms. The zero-order chi connectivity index (χ0) is 10.9. The van der Waals surface area contributed by atoms with Gasteiger partial charge in [0.2, 0.25) is 0 Å². The molecule has 0 fully saturated rings. The second-order valence-corrected chi connectivity index (χ2v) is 2.57. The molecule has 0 unspecified atom stereocenters. The van der Waals surface area contributed by atoms with E-state index in [-0.39, 0.29) is 0 Å². The SMILES string of the molecule is O=C([O-])[n+]1ccccc1.c1ccncc1. The summed E-state index contributed by atoms with van der Waals surface area (Å²) in [5.74, 6) is 0. The Kier molecular flexibility index (Phi) is 4.53. The van der Waals surface area contributed by atoms with Crippen LogP contribution < -0.4 is 9.67 Å². The Balaban J connectivity index is 0.000000162. The Morgan fingerprint density at radius 1 is 0.933 bits per heavy atom. The van der Waals surface area contributed by atoms with E-state index in [1.807, 2.05) is 18.2 Å². The maximum atomic E-state index is 10.1. The van der Waals surface area contributed by atoms with E-state index in [0.717, 1.165) is 4.57 Å². The smallest absolute Gasteiger partial charge is 0.343 e. The Labute approximate surface area is 87.5 Å². The van der Waals surface area contributed by atoms with Crippen molar-refractivity contribution in [3.63, 3.8) is 0 Å². The van der Waals surface area contributed by atoms with E-state index in [1.54, 1.807) is 30.6 Å². The van der Waals surface area contributed by atoms with E-state index in [2.05, 4.69) is 4.98 Å². The molecule has 4 nitrogen and oxygen atoms in total. The van der Waals surface area contributed by atoms with Crippen LogP contribution in [0.4, 0.5) is 4.79 Å². The monoisotopic (exact) mass is 202 g/mol. The molecule has 4 heteroatoms. The second kappa shape index (κ2) is 6.26. The molecule has 0 atom stereocenters. The third-order valence-corrected chi connectivity index (χ3v) is 1.49. The average molecular weight is 202 g/mol. The number of nitrogens with zero attached hydrogens (tertiary/aromatic N) is 2. The molecule has 76 valence electrons. The first-order valence-corrected chi connectivity index (χ1v) is 4.33. The molecule has 2 aromatic rings. The standard InChI is InChI=1S/C6H5NO2.C5H5N/c8-6(9)7-4-2-1-3-5-7;1-2-4-6-5-3-1/h1-5H;1-5H. The van der Waals surface area contributed by atoms with Crippen molar-refractivity contribution in [3.05, 3.63) is 61.2 Å². The fourth-order valence-corrected chi connectivity index (χ4v) is 0.833. The van der Waals surface area contributed by atoms with Gasteiger partial charge in [-0.25, -0.2) is 0 Å². The van der Waals surface area contributed by atoms with Crippen LogP contribution >= 0.6 is 0 Å². The van der Waals surface area contributed by atoms with Gasteiger partial charge in [0, 0.05) is 24.5 Å². The van der Waals surface area contributed by atoms with Crippen LogP contribution in [0.3, 0.4) is 0 Å². The number of hydrogen-bond acceptors (Lipinski definition) is 3. The highest BCUT2D eigenvalue weighted by Gasteiger charge is 1.95. The van der Waals surface area contributed by atoms with Crippen molar-refractivity contribution in [1.29, 1.82) is 0 Å². The summed E-state index contributed by atoms with van der Waals surface area (Å²) in [6.45, 7) is 0. The Bertz CT molecular complexity index is 363. The van der Waals surface area contributed by atoms with E-state index in [0.29, 0.717) is 0 Å². The lowest BCUT2D eigenvalue weighted by Crippen LogP contribution is -2.51. The first kappa shape index (κ1) is 10.8. The van der Waals surface area contributed by atoms with Crippen LogP contribution in [0.5, 0.6) is 0 Å². The molecule has 2 rings (SSSR count). The van der Waals surface area contributed by atoms with Gasteiger partial charge in [-0.3, -0.25) is 4.98 Å². The van der Waals surface area contributed by atoms with Crippen LogP contribution in [0.1, 0.15) is 0 Å². The van der Waals surface area contributed by atoms with Crippen molar-refractivity contribution < 1.29 is 14.5 Å². The fourth-order valence-electron chi connectivity index (χ4n) is 0.833. The molecule has 15 heavy (non-hydrogen) atoms. The van der Waals surface area contributed by atoms with Crippen LogP contribution in [-0.2, 0) is 0 Å². The van der Waals surface area contributed by atoms with Gasteiger partial charge in [0.25, 0.3) is 0 Å². The lowest BCUT2D eigenvalue weighted by molar-refractivity contribution is -0.630. The van der Waals surface area contributed by atoms with Crippen molar-refractivity contribution in [2.45, 2.75) is 0 Å². The first-order valence-electron chi connectivity index (χ1n) is 4.33. The van der Waals surface area contributed by atoms with Gasteiger partial charge in [-0.15, -0.1) is 0 Å². The Morgan fingerprint density at radius 3 is 1.73 bits per heavy atom. The number of pyridine rings is 2. The highest BCUT2D eigenvalue weighted by atomic mass is 16.4. The molecule has 2 heterocycles. The van der Waals surface area contributed by atoms with Gasteiger partial charge in [-0.1, -0.05) is 12.1 Å². The second-order valence-electron chi connectivity index (χ2n) is 2.57. The summed E-state index contributed by atoms with van der Waals surface area (Å²) in [5, 5.41) is 10.1. The van der Waals surface area contributed by atoms with Gasteiger partial charge >= 0.3 is 6.09 Å². The Morgan fingerprint density at radius 2 is 1.47 bits per heavy atom. The quantitative estimate of drug-likeness (QED) is 0.575. The lowest BCUT2D eigenvalue weighted by atomic mass is 10.5. The number of rotatable bonds is 0. The summed E-state index contributed by atoms with van der Waals surface area (Å²) in [5.41, 5.74) is 0. The maximum absolute atomic E-state index is 10.1. The molecule has 0 amide bonds. The van der Waals surface area contributed by atoms with Crippen LogP contribution in [0.2, 0.25) is 0 Å². The molecule has 0 aliphatic rings. The number of carboxylic acid groups (broad SMARTS) is 1. The molecule has 0 saturated carbocycles. The largest absolute Gasteiger partial charge is 0.490 e. The summed E-state index contributed by atoms with van der Waals surface area (Å²) in [6.07, 6.45) is 5.11. The molecule has 0 aliphatic carbocycles. The average Bonchev–Trinajstić information content (AvgIpc) is 2.33. The molecule has 0 N–H and O–H groups in total. The van der Waals surface area contributed by atoms with Crippen LogP contribution in [-0.4, -0.2) is 11.1 Å². The lowest BCUT2D eigenvalue weighted by Gasteiger charge is -1.89. The van der Waals surface area contributed by atoms with E-state index < -0.39 is 6.09 Å². The van der Waals surface area contributed by atoms with Gasteiger partial charge in [0.15, 0.2) is 12.4 Å². The highest BCUT2D eigenvalue weighted by Crippen LogP contribution is 1.74.